The van der Waals surface area contributed by atoms with Crippen LogP contribution < -0.4 is 5.32 Å². The van der Waals surface area contributed by atoms with E-state index in [9.17, 15) is 5.11 Å². The van der Waals surface area contributed by atoms with E-state index < -0.39 is 0 Å². The summed E-state index contributed by atoms with van der Waals surface area (Å²) in [6.45, 7) is 3.16. The fourth-order valence-electron chi connectivity index (χ4n) is 3.65. The normalized spacial score (nSPS) is 27.0. The van der Waals surface area contributed by atoms with Gasteiger partial charge in [-0.3, -0.25) is 4.90 Å². The molecule has 2 fully saturated rings. The third kappa shape index (κ3) is 3.57. The quantitative estimate of drug-likeness (QED) is 0.884. The summed E-state index contributed by atoms with van der Waals surface area (Å²) >= 11 is 0. The van der Waals surface area contributed by atoms with Gasteiger partial charge >= 0.3 is 0 Å². The Hall–Kier alpha value is -1.98. The molecule has 1 atom stereocenters. The molecule has 24 heavy (non-hydrogen) atoms. The molecule has 1 saturated carbocycles. The van der Waals surface area contributed by atoms with Gasteiger partial charge in [-0.1, -0.05) is 30.3 Å². The van der Waals surface area contributed by atoms with Crippen molar-refractivity contribution < 1.29 is 5.11 Å². The number of hydrogen-bond acceptors (Lipinski definition) is 5. The zero-order valence-electron chi connectivity index (χ0n) is 13.8. The van der Waals surface area contributed by atoms with E-state index in [1.54, 1.807) is 6.33 Å². The molecule has 4 rings (SSSR count). The van der Waals surface area contributed by atoms with Crippen LogP contribution in [0.3, 0.4) is 0 Å². The summed E-state index contributed by atoms with van der Waals surface area (Å²) in [5.74, 6) is 1.30. The average Bonchev–Trinajstić information content (AvgIpc) is 3.00. The lowest BCUT2D eigenvalue weighted by molar-refractivity contribution is 0.0732. The number of likely N-dealkylation sites (tertiary alicyclic amines) is 1. The van der Waals surface area contributed by atoms with Gasteiger partial charge in [-0.15, -0.1) is 0 Å². The third-order valence-corrected chi connectivity index (χ3v) is 5.09. The Balaban J connectivity index is 1.32. The highest BCUT2D eigenvalue weighted by Gasteiger charge is 2.30. The molecule has 1 saturated heterocycles. The molecule has 1 aliphatic heterocycles. The van der Waals surface area contributed by atoms with Gasteiger partial charge in [-0.25, -0.2) is 9.97 Å². The maximum atomic E-state index is 9.46. The van der Waals surface area contributed by atoms with Crippen molar-refractivity contribution in [1.29, 1.82) is 0 Å². The lowest BCUT2D eigenvalue weighted by atomic mass is 9.80. The molecule has 5 heteroatoms. The van der Waals surface area contributed by atoms with Gasteiger partial charge in [-0.2, -0.15) is 0 Å². The van der Waals surface area contributed by atoms with Gasteiger partial charge in [0.2, 0.25) is 0 Å². The van der Waals surface area contributed by atoms with Crippen molar-refractivity contribution in [3.8, 4) is 0 Å². The lowest BCUT2D eigenvalue weighted by Gasteiger charge is -2.30. The minimum Gasteiger partial charge on any atom is -0.393 e. The van der Waals surface area contributed by atoms with E-state index >= 15 is 0 Å². The van der Waals surface area contributed by atoms with Crippen molar-refractivity contribution in [1.82, 2.24) is 14.9 Å². The number of aliphatic hydroxyl groups excluding tert-OH is 1. The smallest absolute Gasteiger partial charge is 0.129 e. The number of nitrogens with zero attached hydrogens (tertiary/aromatic N) is 3. The Morgan fingerprint density at radius 2 is 2.00 bits per heavy atom. The highest BCUT2D eigenvalue weighted by Crippen LogP contribution is 2.36. The molecule has 0 amide bonds. The maximum Gasteiger partial charge on any atom is 0.129 e. The molecule has 5 nitrogen and oxygen atoms in total. The summed E-state index contributed by atoms with van der Waals surface area (Å²) in [6.07, 6.45) is 4.27. The summed E-state index contributed by atoms with van der Waals surface area (Å²) in [6, 6.07) is 13.1. The summed E-state index contributed by atoms with van der Waals surface area (Å²) in [5.41, 5.74) is 2.42. The standard InChI is InChI=1S/C19H24N4O/c24-17-8-15(9-17)18-10-19(21-13-20-18)22-16-6-7-23(12-16)11-14-4-2-1-3-5-14/h1-5,10,13,15-17,24H,6-9,11-12H2,(H,20,21,22)/t15?,16-,17?/m0/s1. The first-order valence-corrected chi connectivity index (χ1v) is 8.79. The summed E-state index contributed by atoms with van der Waals surface area (Å²) in [7, 11) is 0. The second-order valence-electron chi connectivity index (χ2n) is 7.00. The van der Waals surface area contributed by atoms with Gasteiger partial charge in [0.1, 0.15) is 12.1 Å². The number of aliphatic hydroxyl groups is 1. The van der Waals surface area contributed by atoms with Gasteiger partial charge < -0.3 is 10.4 Å². The van der Waals surface area contributed by atoms with Crippen molar-refractivity contribution in [3.05, 3.63) is 54.0 Å². The van der Waals surface area contributed by atoms with Crippen LogP contribution in [-0.4, -0.2) is 45.2 Å². The van der Waals surface area contributed by atoms with Crippen LogP contribution >= 0.6 is 0 Å². The van der Waals surface area contributed by atoms with E-state index in [1.165, 1.54) is 5.56 Å². The summed E-state index contributed by atoms with van der Waals surface area (Å²) in [4.78, 5) is 11.2. The van der Waals surface area contributed by atoms with Gasteiger partial charge in [0.25, 0.3) is 0 Å². The lowest BCUT2D eigenvalue weighted by Crippen LogP contribution is -2.28. The first-order valence-electron chi connectivity index (χ1n) is 8.79. The number of anilines is 1. The van der Waals surface area contributed by atoms with Crippen LogP contribution in [-0.2, 0) is 6.54 Å². The predicted octanol–water partition coefficient (Wildman–Crippen LogP) is 2.40. The Bertz CT molecular complexity index is 672. The minimum absolute atomic E-state index is 0.150. The SMILES string of the molecule is OC1CC(c2cc(N[C@H]3CCN(Cc4ccccc4)C3)ncn2)C1. The molecule has 126 valence electrons. The third-order valence-electron chi connectivity index (χ3n) is 5.09. The van der Waals surface area contributed by atoms with Gasteiger partial charge in [0, 0.05) is 43.4 Å². The number of hydrogen-bond donors (Lipinski definition) is 2. The molecule has 1 aliphatic carbocycles. The Morgan fingerprint density at radius 3 is 2.79 bits per heavy atom. The van der Waals surface area contributed by atoms with Crippen LogP contribution in [0.4, 0.5) is 5.82 Å². The fourth-order valence-corrected chi connectivity index (χ4v) is 3.65. The second kappa shape index (κ2) is 6.87. The largest absolute Gasteiger partial charge is 0.393 e. The van der Waals surface area contributed by atoms with Crippen LogP contribution in [0.1, 0.15) is 36.4 Å². The van der Waals surface area contributed by atoms with Crippen LogP contribution in [0.25, 0.3) is 0 Å². The topological polar surface area (TPSA) is 61.3 Å². The number of aromatic nitrogens is 2. The van der Waals surface area contributed by atoms with Crippen molar-refractivity contribution in [2.45, 2.75) is 43.9 Å². The molecule has 0 bridgehead atoms. The number of nitrogens with one attached hydrogen (secondary N) is 1. The summed E-state index contributed by atoms with van der Waals surface area (Å²) < 4.78 is 0. The first-order chi connectivity index (χ1) is 11.8. The highest BCUT2D eigenvalue weighted by molar-refractivity contribution is 5.38. The maximum absolute atomic E-state index is 9.46. The molecule has 2 heterocycles. The molecule has 0 unspecified atom stereocenters. The van der Waals surface area contributed by atoms with Crippen LogP contribution in [0.15, 0.2) is 42.7 Å². The van der Waals surface area contributed by atoms with Crippen molar-refractivity contribution in [2.24, 2.45) is 0 Å². The van der Waals surface area contributed by atoms with Gasteiger partial charge in [0.05, 0.1) is 6.10 Å². The van der Waals surface area contributed by atoms with E-state index in [0.29, 0.717) is 12.0 Å². The van der Waals surface area contributed by atoms with Gasteiger partial charge in [-0.05, 0) is 24.8 Å². The Morgan fingerprint density at radius 1 is 1.17 bits per heavy atom. The zero-order chi connectivity index (χ0) is 16.4. The molecule has 2 aliphatic rings. The summed E-state index contributed by atoms with van der Waals surface area (Å²) in [5, 5.41) is 13.0. The van der Waals surface area contributed by atoms with Crippen molar-refractivity contribution in [2.75, 3.05) is 18.4 Å². The zero-order valence-corrected chi connectivity index (χ0v) is 13.8. The molecular weight excluding hydrogens is 300 g/mol. The fraction of sp³-hybridized carbons (Fsp3) is 0.474. The van der Waals surface area contributed by atoms with Crippen LogP contribution in [0.5, 0.6) is 0 Å². The Labute approximate surface area is 142 Å². The van der Waals surface area contributed by atoms with Crippen LogP contribution in [0.2, 0.25) is 0 Å². The monoisotopic (exact) mass is 324 g/mol. The predicted molar refractivity (Wildman–Crippen MR) is 93.8 cm³/mol. The van der Waals surface area contributed by atoms with Crippen molar-refractivity contribution >= 4 is 5.82 Å². The van der Waals surface area contributed by atoms with E-state index in [0.717, 1.165) is 50.4 Å². The molecule has 2 aromatic rings. The molecule has 1 aromatic carbocycles. The van der Waals surface area contributed by atoms with E-state index in [-0.39, 0.29) is 6.10 Å². The molecule has 1 aromatic heterocycles. The van der Waals surface area contributed by atoms with E-state index in [4.69, 9.17) is 0 Å². The van der Waals surface area contributed by atoms with Crippen LogP contribution in [0, 0.1) is 0 Å². The van der Waals surface area contributed by atoms with E-state index in [1.807, 2.05) is 0 Å². The minimum atomic E-state index is -0.150. The Kier molecular flexibility index (Phi) is 4.45. The molecular formula is C19H24N4O. The number of benzene rings is 1. The van der Waals surface area contributed by atoms with E-state index in [2.05, 4.69) is 56.6 Å². The number of rotatable bonds is 5. The highest BCUT2D eigenvalue weighted by atomic mass is 16.3. The van der Waals surface area contributed by atoms with Gasteiger partial charge in [0.15, 0.2) is 0 Å². The van der Waals surface area contributed by atoms with Crippen molar-refractivity contribution in [3.63, 3.8) is 0 Å². The molecule has 0 spiro atoms. The average molecular weight is 324 g/mol. The second-order valence-corrected chi connectivity index (χ2v) is 7.00. The first kappa shape index (κ1) is 15.5. The molecule has 2 N–H and O–H groups in total. The molecule has 0 radical (unpaired) electrons.